The highest BCUT2D eigenvalue weighted by Gasteiger charge is 1.97. The van der Waals surface area contributed by atoms with Crippen LogP contribution in [0.1, 0.15) is 30.4 Å². The summed E-state index contributed by atoms with van der Waals surface area (Å²) in [6.07, 6.45) is 8.99. The number of imidazole rings is 1. The summed E-state index contributed by atoms with van der Waals surface area (Å²) < 4.78 is 0. The molecule has 0 saturated heterocycles. The largest absolute Gasteiger partial charge is 0.348 e. The van der Waals surface area contributed by atoms with Crippen LogP contribution in [0.25, 0.3) is 6.08 Å². The quantitative estimate of drug-likeness (QED) is 0.854. The molecule has 94 valence electrons. The Bertz CT molecular complexity index is 529. The molecule has 18 heavy (non-hydrogen) atoms. The van der Waals surface area contributed by atoms with Crippen molar-refractivity contribution in [2.45, 2.75) is 26.2 Å². The molecule has 0 aliphatic rings. The Balaban J connectivity index is 1.87. The second-order valence-corrected chi connectivity index (χ2v) is 4.57. The summed E-state index contributed by atoms with van der Waals surface area (Å²) in [4.78, 5) is 7.56. The summed E-state index contributed by atoms with van der Waals surface area (Å²) in [6, 6.07) is 7.98. The fraction of sp³-hybridized carbons (Fsp3) is 0.267. The predicted molar refractivity (Wildman–Crippen MR) is 76.8 cm³/mol. The van der Waals surface area contributed by atoms with E-state index in [1.54, 1.807) is 0 Å². The lowest BCUT2D eigenvalue weighted by Gasteiger charge is -2.00. The Hall–Kier alpha value is -1.54. The van der Waals surface area contributed by atoms with Crippen molar-refractivity contribution in [1.82, 2.24) is 9.97 Å². The molecule has 0 amide bonds. The highest BCUT2D eigenvalue weighted by molar-refractivity contribution is 6.31. The molecular weight excluding hydrogens is 244 g/mol. The fourth-order valence-electron chi connectivity index (χ4n) is 1.79. The van der Waals surface area contributed by atoms with Gasteiger partial charge in [0.2, 0.25) is 0 Å². The molecule has 1 N–H and O–H groups in total. The van der Waals surface area contributed by atoms with E-state index in [-0.39, 0.29) is 0 Å². The van der Waals surface area contributed by atoms with Crippen LogP contribution in [0.15, 0.2) is 36.5 Å². The first kappa shape index (κ1) is 12.9. The Kier molecular flexibility index (Phi) is 4.59. The van der Waals surface area contributed by atoms with Crippen molar-refractivity contribution in [3.63, 3.8) is 0 Å². The SMILES string of the molecule is CCc1nc(C=CCCc2ccccc2Cl)c[nH]1. The Morgan fingerprint density at radius 3 is 2.89 bits per heavy atom. The summed E-state index contributed by atoms with van der Waals surface area (Å²) in [7, 11) is 0. The average Bonchev–Trinajstić information content (AvgIpc) is 2.84. The van der Waals surface area contributed by atoms with Crippen LogP contribution < -0.4 is 0 Å². The Morgan fingerprint density at radius 1 is 1.33 bits per heavy atom. The summed E-state index contributed by atoms with van der Waals surface area (Å²) in [6.45, 7) is 2.09. The number of aromatic nitrogens is 2. The van der Waals surface area contributed by atoms with Gasteiger partial charge in [0.25, 0.3) is 0 Å². The van der Waals surface area contributed by atoms with Gasteiger partial charge in [-0.15, -0.1) is 0 Å². The van der Waals surface area contributed by atoms with E-state index in [1.165, 1.54) is 5.56 Å². The molecule has 2 rings (SSSR count). The molecule has 0 spiro atoms. The molecule has 2 nitrogen and oxygen atoms in total. The van der Waals surface area contributed by atoms with Gasteiger partial charge in [-0.1, -0.05) is 42.8 Å². The number of rotatable bonds is 5. The van der Waals surface area contributed by atoms with Crippen molar-refractivity contribution < 1.29 is 0 Å². The lowest BCUT2D eigenvalue weighted by atomic mass is 10.1. The zero-order chi connectivity index (χ0) is 12.8. The van der Waals surface area contributed by atoms with E-state index < -0.39 is 0 Å². The number of hydrogen-bond acceptors (Lipinski definition) is 1. The highest BCUT2D eigenvalue weighted by atomic mass is 35.5. The van der Waals surface area contributed by atoms with Crippen LogP contribution >= 0.6 is 11.6 Å². The molecule has 0 aliphatic heterocycles. The lowest BCUT2D eigenvalue weighted by Crippen LogP contribution is -1.84. The van der Waals surface area contributed by atoms with E-state index in [0.717, 1.165) is 35.8 Å². The monoisotopic (exact) mass is 260 g/mol. The van der Waals surface area contributed by atoms with Gasteiger partial charge in [-0.05, 0) is 30.5 Å². The van der Waals surface area contributed by atoms with Gasteiger partial charge in [-0.3, -0.25) is 0 Å². The molecule has 1 heterocycles. The predicted octanol–water partition coefficient (Wildman–Crippen LogP) is 4.27. The van der Waals surface area contributed by atoms with Gasteiger partial charge in [0, 0.05) is 17.6 Å². The van der Waals surface area contributed by atoms with Gasteiger partial charge in [-0.25, -0.2) is 4.98 Å². The first-order valence-electron chi connectivity index (χ1n) is 6.24. The minimum Gasteiger partial charge on any atom is -0.348 e. The summed E-state index contributed by atoms with van der Waals surface area (Å²) in [5, 5.41) is 0.846. The van der Waals surface area contributed by atoms with E-state index in [4.69, 9.17) is 11.6 Å². The smallest absolute Gasteiger partial charge is 0.106 e. The molecule has 0 fully saturated rings. The normalized spacial score (nSPS) is 11.2. The zero-order valence-corrected chi connectivity index (χ0v) is 11.2. The first-order valence-corrected chi connectivity index (χ1v) is 6.61. The highest BCUT2D eigenvalue weighted by Crippen LogP contribution is 2.16. The number of nitrogens with zero attached hydrogens (tertiary/aromatic N) is 1. The second kappa shape index (κ2) is 6.41. The molecule has 0 bridgehead atoms. The number of aromatic amines is 1. The average molecular weight is 261 g/mol. The molecule has 2 aromatic rings. The van der Waals surface area contributed by atoms with Gasteiger partial charge in [-0.2, -0.15) is 0 Å². The minimum atomic E-state index is 0.846. The molecule has 1 aromatic carbocycles. The van der Waals surface area contributed by atoms with Crippen LogP contribution in [0.3, 0.4) is 0 Å². The van der Waals surface area contributed by atoms with E-state index in [0.29, 0.717) is 0 Å². The third-order valence-corrected chi connectivity index (χ3v) is 3.18. The molecule has 0 saturated carbocycles. The summed E-state index contributed by atoms with van der Waals surface area (Å²) in [5.41, 5.74) is 2.19. The van der Waals surface area contributed by atoms with Crippen LogP contribution in [0.5, 0.6) is 0 Å². The maximum atomic E-state index is 6.10. The number of hydrogen-bond donors (Lipinski definition) is 1. The van der Waals surface area contributed by atoms with Crippen LogP contribution in [0.2, 0.25) is 5.02 Å². The standard InChI is InChI=1S/C15H17ClN2/c1-2-15-17-11-13(18-15)9-5-3-7-12-8-4-6-10-14(12)16/h4-6,8-11H,2-3,7H2,1H3,(H,17,18). The van der Waals surface area contributed by atoms with Crippen LogP contribution in [0.4, 0.5) is 0 Å². The van der Waals surface area contributed by atoms with Crippen molar-refractivity contribution in [3.8, 4) is 0 Å². The second-order valence-electron chi connectivity index (χ2n) is 4.16. The van der Waals surface area contributed by atoms with Crippen LogP contribution in [-0.4, -0.2) is 9.97 Å². The molecular formula is C15H17ClN2. The van der Waals surface area contributed by atoms with Gasteiger partial charge in [0.15, 0.2) is 0 Å². The Labute approximate surface area is 113 Å². The topological polar surface area (TPSA) is 28.7 Å². The fourth-order valence-corrected chi connectivity index (χ4v) is 2.02. The van der Waals surface area contributed by atoms with Crippen LogP contribution in [-0.2, 0) is 12.8 Å². The van der Waals surface area contributed by atoms with Crippen LogP contribution in [0, 0.1) is 0 Å². The molecule has 0 unspecified atom stereocenters. The van der Waals surface area contributed by atoms with Crippen molar-refractivity contribution in [2.75, 3.05) is 0 Å². The van der Waals surface area contributed by atoms with Gasteiger partial charge in [0.05, 0.1) is 5.69 Å². The van der Waals surface area contributed by atoms with Gasteiger partial charge in [0.1, 0.15) is 5.82 Å². The van der Waals surface area contributed by atoms with Gasteiger partial charge >= 0.3 is 0 Å². The minimum absolute atomic E-state index is 0.846. The van der Waals surface area contributed by atoms with Gasteiger partial charge < -0.3 is 4.98 Å². The Morgan fingerprint density at radius 2 is 2.17 bits per heavy atom. The lowest BCUT2D eigenvalue weighted by molar-refractivity contribution is 0.986. The van der Waals surface area contributed by atoms with Crippen molar-refractivity contribution >= 4 is 17.7 Å². The molecule has 0 radical (unpaired) electrons. The number of aryl methyl sites for hydroxylation is 2. The summed E-state index contributed by atoms with van der Waals surface area (Å²) >= 11 is 6.10. The maximum absolute atomic E-state index is 6.10. The van der Waals surface area contributed by atoms with E-state index in [1.807, 2.05) is 30.5 Å². The van der Waals surface area contributed by atoms with E-state index in [9.17, 15) is 0 Å². The number of benzene rings is 1. The van der Waals surface area contributed by atoms with Crippen molar-refractivity contribution in [2.24, 2.45) is 0 Å². The first-order chi connectivity index (χ1) is 8.79. The molecule has 0 atom stereocenters. The molecule has 0 aliphatic carbocycles. The van der Waals surface area contributed by atoms with Crippen molar-refractivity contribution in [3.05, 3.63) is 58.6 Å². The number of nitrogens with one attached hydrogen (secondary N) is 1. The number of H-pyrrole nitrogens is 1. The third-order valence-electron chi connectivity index (χ3n) is 2.81. The number of allylic oxidation sites excluding steroid dienone is 1. The third kappa shape index (κ3) is 3.47. The zero-order valence-electron chi connectivity index (χ0n) is 10.5. The van der Waals surface area contributed by atoms with Crippen molar-refractivity contribution in [1.29, 1.82) is 0 Å². The van der Waals surface area contributed by atoms with E-state index >= 15 is 0 Å². The maximum Gasteiger partial charge on any atom is 0.106 e. The molecule has 3 heteroatoms. The van der Waals surface area contributed by atoms with E-state index in [2.05, 4.69) is 29.0 Å². The number of halogens is 1. The molecule has 1 aromatic heterocycles. The summed E-state index contributed by atoms with van der Waals surface area (Å²) in [5.74, 6) is 1.03.